The number of carbonyl (C=O) groups excluding carboxylic acids is 2. The van der Waals surface area contributed by atoms with Crippen LogP contribution in [0, 0.1) is 5.41 Å². The van der Waals surface area contributed by atoms with Crippen LogP contribution in [0.15, 0.2) is 24.3 Å². The summed E-state index contributed by atoms with van der Waals surface area (Å²) in [5.74, 6) is -0.278. The second-order valence-corrected chi connectivity index (χ2v) is 7.34. The maximum absolute atomic E-state index is 12.7. The molecule has 6 nitrogen and oxygen atoms in total. The Morgan fingerprint density at radius 1 is 1.24 bits per heavy atom. The molecule has 1 aromatic rings. The number of hydrogen-bond acceptors (Lipinski definition) is 4. The topological polar surface area (TPSA) is 93.5 Å². The summed E-state index contributed by atoms with van der Waals surface area (Å²) in [6.07, 6.45) is 1.22. The summed E-state index contributed by atoms with van der Waals surface area (Å²) >= 11 is 0. The van der Waals surface area contributed by atoms with Crippen LogP contribution in [-0.2, 0) is 9.53 Å². The summed E-state index contributed by atoms with van der Waals surface area (Å²) in [7, 11) is 0. The summed E-state index contributed by atoms with van der Waals surface area (Å²) in [5, 5.41) is 5.82. The van der Waals surface area contributed by atoms with Crippen LogP contribution in [0.25, 0.3) is 0 Å². The number of hydrogen-bond donors (Lipinski definition) is 3. The second-order valence-electron chi connectivity index (χ2n) is 7.34. The van der Waals surface area contributed by atoms with Crippen molar-refractivity contribution in [3.05, 3.63) is 29.8 Å². The minimum absolute atomic E-state index is 0. The first-order valence-electron chi connectivity index (χ1n) is 8.28. The van der Waals surface area contributed by atoms with Crippen molar-refractivity contribution in [2.45, 2.75) is 39.2 Å². The molecule has 1 aliphatic heterocycles. The summed E-state index contributed by atoms with van der Waals surface area (Å²) < 4.78 is 5.34. The van der Waals surface area contributed by atoms with Gasteiger partial charge in [0.25, 0.3) is 5.91 Å². The number of halogens is 1. The number of benzene rings is 1. The van der Waals surface area contributed by atoms with Crippen LogP contribution in [0.1, 0.15) is 44.0 Å². The number of nitrogens with one attached hydrogen (secondary N) is 2. The van der Waals surface area contributed by atoms with E-state index in [1.807, 2.05) is 20.8 Å². The van der Waals surface area contributed by atoms with Crippen LogP contribution in [0.5, 0.6) is 0 Å². The van der Waals surface area contributed by atoms with Gasteiger partial charge in [-0.05, 0) is 51.8 Å². The number of anilines is 1. The van der Waals surface area contributed by atoms with Gasteiger partial charge in [-0.2, -0.15) is 0 Å². The summed E-state index contributed by atoms with van der Waals surface area (Å²) in [5.41, 5.74) is 6.06. The van der Waals surface area contributed by atoms with E-state index in [1.54, 1.807) is 24.3 Å². The third-order valence-electron chi connectivity index (χ3n) is 4.19. The minimum atomic E-state index is -0.595. The van der Waals surface area contributed by atoms with Crippen LogP contribution >= 0.6 is 12.4 Å². The van der Waals surface area contributed by atoms with Crippen molar-refractivity contribution in [2.75, 3.05) is 25.1 Å². The predicted octanol–water partition coefficient (Wildman–Crippen LogP) is 2.33. The van der Waals surface area contributed by atoms with Crippen molar-refractivity contribution in [2.24, 2.45) is 11.1 Å². The zero-order valence-corrected chi connectivity index (χ0v) is 15.9. The van der Waals surface area contributed by atoms with Gasteiger partial charge in [-0.15, -0.1) is 12.4 Å². The Kier molecular flexibility index (Phi) is 7.41. The molecule has 0 aromatic heterocycles. The number of rotatable bonds is 4. The molecule has 1 heterocycles. The number of carbonyl (C=O) groups is 2. The number of amides is 2. The van der Waals surface area contributed by atoms with E-state index in [4.69, 9.17) is 10.5 Å². The van der Waals surface area contributed by atoms with Gasteiger partial charge in [-0.25, -0.2) is 0 Å². The van der Waals surface area contributed by atoms with Crippen molar-refractivity contribution in [3.63, 3.8) is 0 Å². The van der Waals surface area contributed by atoms with Gasteiger partial charge in [-0.1, -0.05) is 6.07 Å². The van der Waals surface area contributed by atoms with E-state index >= 15 is 0 Å². The molecule has 0 unspecified atom stereocenters. The summed E-state index contributed by atoms with van der Waals surface area (Å²) in [6, 6.07) is 6.94. The molecule has 1 aromatic carbocycles. The van der Waals surface area contributed by atoms with Gasteiger partial charge in [0.15, 0.2) is 0 Å². The summed E-state index contributed by atoms with van der Waals surface area (Å²) in [4.78, 5) is 24.9. The Morgan fingerprint density at radius 3 is 2.44 bits per heavy atom. The molecule has 7 heteroatoms. The molecule has 2 amide bonds. The monoisotopic (exact) mass is 369 g/mol. The third-order valence-corrected chi connectivity index (χ3v) is 4.19. The maximum Gasteiger partial charge on any atom is 0.251 e. The molecule has 140 valence electrons. The van der Waals surface area contributed by atoms with Crippen LogP contribution in [-0.4, -0.2) is 37.1 Å². The minimum Gasteiger partial charge on any atom is -0.381 e. The van der Waals surface area contributed by atoms with Crippen LogP contribution < -0.4 is 16.4 Å². The predicted molar refractivity (Wildman–Crippen MR) is 101 cm³/mol. The first-order valence-corrected chi connectivity index (χ1v) is 8.28. The number of nitrogens with two attached hydrogens (primary N) is 1. The van der Waals surface area contributed by atoms with Crippen LogP contribution in [0.2, 0.25) is 0 Å². The lowest BCUT2D eigenvalue weighted by molar-refractivity contribution is -0.130. The second kappa shape index (κ2) is 8.65. The van der Waals surface area contributed by atoms with E-state index in [1.165, 1.54) is 0 Å². The maximum atomic E-state index is 12.7. The first-order chi connectivity index (χ1) is 11.3. The van der Waals surface area contributed by atoms with Crippen LogP contribution in [0.3, 0.4) is 0 Å². The molecular weight excluding hydrogens is 342 g/mol. The highest BCUT2D eigenvalue weighted by atomic mass is 35.5. The van der Waals surface area contributed by atoms with Gasteiger partial charge >= 0.3 is 0 Å². The van der Waals surface area contributed by atoms with E-state index < -0.39 is 5.41 Å². The highest BCUT2D eigenvalue weighted by Gasteiger charge is 2.38. The normalized spacial score (nSPS) is 16.5. The fourth-order valence-corrected chi connectivity index (χ4v) is 2.70. The highest BCUT2D eigenvalue weighted by molar-refractivity contribution is 5.99. The van der Waals surface area contributed by atoms with Gasteiger partial charge in [0, 0.05) is 36.5 Å². The Hall–Kier alpha value is -1.63. The van der Waals surface area contributed by atoms with E-state index in [0.717, 1.165) is 0 Å². The van der Waals surface area contributed by atoms with Crippen molar-refractivity contribution in [1.82, 2.24) is 5.32 Å². The van der Waals surface area contributed by atoms with Gasteiger partial charge in [-0.3, -0.25) is 9.59 Å². The van der Waals surface area contributed by atoms with E-state index in [-0.39, 0.29) is 36.3 Å². The SMILES string of the molecule is CC(C)(C)NC(=O)c1cccc(NC(=O)C2(CN)CCOCC2)c1.Cl. The highest BCUT2D eigenvalue weighted by Crippen LogP contribution is 2.31. The average molecular weight is 370 g/mol. The van der Waals surface area contributed by atoms with E-state index in [9.17, 15) is 9.59 Å². The zero-order chi connectivity index (χ0) is 17.8. The lowest BCUT2D eigenvalue weighted by atomic mass is 9.79. The standard InChI is InChI=1S/C18H27N3O3.ClH/c1-17(2,3)21-15(22)13-5-4-6-14(11-13)20-16(23)18(12-19)7-9-24-10-8-18;/h4-6,11H,7-10,12,19H2,1-3H3,(H,20,23)(H,21,22);1H. The molecule has 1 aliphatic rings. The van der Waals surface area contributed by atoms with Crippen molar-refractivity contribution in [3.8, 4) is 0 Å². The molecule has 0 atom stereocenters. The fourth-order valence-electron chi connectivity index (χ4n) is 2.70. The van der Waals surface area contributed by atoms with Crippen molar-refractivity contribution >= 4 is 29.9 Å². The van der Waals surface area contributed by atoms with Gasteiger partial charge in [0.1, 0.15) is 0 Å². The van der Waals surface area contributed by atoms with Crippen LogP contribution in [0.4, 0.5) is 5.69 Å². The van der Waals surface area contributed by atoms with E-state index in [2.05, 4.69) is 10.6 Å². The van der Waals surface area contributed by atoms with Crippen molar-refractivity contribution < 1.29 is 14.3 Å². The third kappa shape index (κ3) is 5.70. The van der Waals surface area contributed by atoms with Gasteiger partial charge in [0.05, 0.1) is 5.41 Å². The average Bonchev–Trinajstić information content (AvgIpc) is 2.54. The largest absolute Gasteiger partial charge is 0.381 e. The quantitative estimate of drug-likeness (QED) is 0.759. The smallest absolute Gasteiger partial charge is 0.251 e. The number of ether oxygens (including phenoxy) is 1. The Labute approximate surface area is 155 Å². The van der Waals surface area contributed by atoms with E-state index in [0.29, 0.717) is 37.3 Å². The molecule has 2 rings (SSSR count). The molecule has 1 fully saturated rings. The lowest BCUT2D eigenvalue weighted by Crippen LogP contribution is -2.46. The molecule has 1 saturated heterocycles. The molecule has 0 radical (unpaired) electrons. The zero-order valence-electron chi connectivity index (χ0n) is 15.1. The molecule has 25 heavy (non-hydrogen) atoms. The van der Waals surface area contributed by atoms with Gasteiger partial charge < -0.3 is 21.1 Å². The molecular formula is C18H28ClN3O3. The van der Waals surface area contributed by atoms with Crippen molar-refractivity contribution in [1.29, 1.82) is 0 Å². The summed E-state index contributed by atoms with van der Waals surface area (Å²) in [6.45, 7) is 7.13. The molecule has 0 bridgehead atoms. The fraction of sp³-hybridized carbons (Fsp3) is 0.556. The van der Waals surface area contributed by atoms with Gasteiger partial charge in [0.2, 0.25) is 5.91 Å². The Balaban J connectivity index is 0.00000312. The lowest BCUT2D eigenvalue weighted by Gasteiger charge is -2.34. The Bertz CT molecular complexity index is 608. The Morgan fingerprint density at radius 2 is 1.88 bits per heavy atom. The molecule has 0 spiro atoms. The first kappa shape index (κ1) is 21.4. The molecule has 0 aliphatic carbocycles. The molecule has 0 saturated carbocycles. The molecule has 4 N–H and O–H groups in total.